The van der Waals surface area contributed by atoms with Gasteiger partial charge in [-0.1, -0.05) is 30.3 Å². The molecule has 2 amide bonds. The molecule has 2 heterocycles. The number of nitrogens with one attached hydrogen (secondary N) is 2. The van der Waals surface area contributed by atoms with Crippen molar-refractivity contribution in [3.05, 3.63) is 59.7 Å². The number of aliphatic hydroxyl groups is 2. The van der Waals surface area contributed by atoms with Crippen LogP contribution in [0.5, 0.6) is 5.75 Å². The van der Waals surface area contributed by atoms with Gasteiger partial charge >= 0.3 is 6.03 Å². The molecule has 0 aliphatic carbocycles. The zero-order valence-corrected chi connectivity index (χ0v) is 17.5. The van der Waals surface area contributed by atoms with Crippen LogP contribution in [-0.4, -0.2) is 72.3 Å². The fraction of sp³-hybridized carbons (Fsp3) is 0.435. The summed E-state index contributed by atoms with van der Waals surface area (Å²) in [6, 6.07) is 14.7. The molecule has 166 valence electrons. The van der Waals surface area contributed by atoms with E-state index in [9.17, 15) is 15.0 Å². The summed E-state index contributed by atoms with van der Waals surface area (Å²) in [6.07, 6.45) is -1.05. The van der Waals surface area contributed by atoms with E-state index in [-0.39, 0.29) is 25.2 Å². The fourth-order valence-corrected chi connectivity index (χ4v) is 4.44. The van der Waals surface area contributed by atoms with Gasteiger partial charge < -0.3 is 30.3 Å². The third-order valence-corrected chi connectivity index (χ3v) is 6.01. The largest absolute Gasteiger partial charge is 0.497 e. The van der Waals surface area contributed by atoms with Crippen LogP contribution in [0.2, 0.25) is 0 Å². The molecule has 0 spiro atoms. The standard InChI is InChI=1S/C23H29N3O5/c1-30-18-8-4-7-17(11-18)25-23(29)24-12-19-21(22(28)20(14-27)31-19)26-10-9-15-5-2-3-6-16(15)13-26/h2-8,11,19-22,27-28H,9-10,12-14H2,1H3,(H2,24,25,29)/t19-,20-,21-,22+/m0/s1. The second-order valence-corrected chi connectivity index (χ2v) is 7.93. The average Bonchev–Trinajstić information content (AvgIpc) is 3.12. The van der Waals surface area contributed by atoms with Crippen molar-refractivity contribution in [2.24, 2.45) is 0 Å². The first-order valence-electron chi connectivity index (χ1n) is 10.5. The van der Waals surface area contributed by atoms with Crippen LogP contribution in [-0.2, 0) is 17.7 Å². The summed E-state index contributed by atoms with van der Waals surface area (Å²) in [5.74, 6) is 0.649. The van der Waals surface area contributed by atoms with Gasteiger partial charge in [0.2, 0.25) is 0 Å². The van der Waals surface area contributed by atoms with E-state index in [0.717, 1.165) is 13.0 Å². The number of ether oxygens (including phenoxy) is 2. The fourth-order valence-electron chi connectivity index (χ4n) is 4.44. The van der Waals surface area contributed by atoms with Crippen molar-refractivity contribution in [3.63, 3.8) is 0 Å². The molecule has 0 radical (unpaired) electrons. The summed E-state index contributed by atoms with van der Waals surface area (Å²) in [7, 11) is 1.57. The first kappa shape index (κ1) is 21.6. The molecule has 2 aromatic rings. The van der Waals surface area contributed by atoms with Gasteiger partial charge in [0, 0.05) is 31.4 Å². The van der Waals surface area contributed by atoms with E-state index in [0.29, 0.717) is 18.0 Å². The van der Waals surface area contributed by atoms with Gasteiger partial charge in [0.25, 0.3) is 0 Å². The molecule has 4 rings (SSSR count). The van der Waals surface area contributed by atoms with Crippen LogP contribution in [0.1, 0.15) is 11.1 Å². The van der Waals surface area contributed by atoms with Crippen molar-refractivity contribution >= 4 is 11.7 Å². The third kappa shape index (κ3) is 4.83. The molecule has 4 N–H and O–H groups in total. The molecule has 1 saturated heterocycles. The number of rotatable bonds is 6. The van der Waals surface area contributed by atoms with E-state index in [4.69, 9.17) is 9.47 Å². The number of carbonyl (C=O) groups excluding carboxylic acids is 1. The summed E-state index contributed by atoms with van der Waals surface area (Å²) in [4.78, 5) is 14.6. The highest BCUT2D eigenvalue weighted by atomic mass is 16.5. The van der Waals surface area contributed by atoms with Gasteiger partial charge in [-0.2, -0.15) is 0 Å². The van der Waals surface area contributed by atoms with E-state index in [2.05, 4.69) is 27.7 Å². The van der Waals surface area contributed by atoms with Gasteiger partial charge in [-0.05, 0) is 29.7 Å². The van der Waals surface area contributed by atoms with Crippen molar-refractivity contribution < 1.29 is 24.5 Å². The molecule has 2 aliphatic heterocycles. The Balaban J connectivity index is 1.40. The quantitative estimate of drug-likeness (QED) is 0.555. The Labute approximate surface area is 181 Å². The number of hydrogen-bond donors (Lipinski definition) is 4. The maximum Gasteiger partial charge on any atom is 0.319 e. The van der Waals surface area contributed by atoms with Crippen molar-refractivity contribution in [1.82, 2.24) is 10.2 Å². The second kappa shape index (κ2) is 9.65. The molecular formula is C23H29N3O5. The van der Waals surface area contributed by atoms with Crippen LogP contribution < -0.4 is 15.4 Å². The van der Waals surface area contributed by atoms with Gasteiger partial charge in [-0.25, -0.2) is 4.79 Å². The molecule has 2 aliphatic rings. The summed E-state index contributed by atoms with van der Waals surface area (Å²) < 4.78 is 11.1. The van der Waals surface area contributed by atoms with Crippen molar-refractivity contribution in [1.29, 1.82) is 0 Å². The van der Waals surface area contributed by atoms with Crippen LogP contribution in [0.4, 0.5) is 10.5 Å². The highest BCUT2D eigenvalue weighted by Crippen LogP contribution is 2.30. The molecule has 0 bridgehead atoms. The Bertz CT molecular complexity index is 908. The van der Waals surface area contributed by atoms with Crippen LogP contribution in [0, 0.1) is 0 Å². The Morgan fingerprint density at radius 1 is 1.19 bits per heavy atom. The second-order valence-electron chi connectivity index (χ2n) is 7.93. The van der Waals surface area contributed by atoms with Crippen molar-refractivity contribution in [3.8, 4) is 5.75 Å². The SMILES string of the molecule is COc1cccc(NC(=O)NC[C@@H]2O[C@@H](CO)[C@@H](O)[C@H]2N2CCc3ccccc3C2)c1. The van der Waals surface area contributed by atoms with Gasteiger partial charge in [-0.15, -0.1) is 0 Å². The number of anilines is 1. The summed E-state index contributed by atoms with van der Waals surface area (Å²) in [5, 5.41) is 26.0. The summed E-state index contributed by atoms with van der Waals surface area (Å²) >= 11 is 0. The number of urea groups is 1. The highest BCUT2D eigenvalue weighted by molar-refractivity contribution is 5.89. The topological polar surface area (TPSA) is 103 Å². The van der Waals surface area contributed by atoms with Crippen LogP contribution in [0.25, 0.3) is 0 Å². The monoisotopic (exact) mass is 427 g/mol. The zero-order valence-electron chi connectivity index (χ0n) is 17.5. The lowest BCUT2D eigenvalue weighted by atomic mass is 9.95. The molecule has 8 heteroatoms. The van der Waals surface area contributed by atoms with Crippen LogP contribution >= 0.6 is 0 Å². The molecule has 0 aromatic heterocycles. The maximum atomic E-state index is 12.4. The molecule has 31 heavy (non-hydrogen) atoms. The first-order chi connectivity index (χ1) is 15.1. The average molecular weight is 428 g/mol. The number of fused-ring (bicyclic) bond motifs is 1. The lowest BCUT2D eigenvalue weighted by Crippen LogP contribution is -2.52. The van der Waals surface area contributed by atoms with E-state index >= 15 is 0 Å². The molecule has 0 saturated carbocycles. The Morgan fingerprint density at radius 2 is 2.00 bits per heavy atom. The Kier molecular flexibility index (Phi) is 6.72. The van der Waals surface area contributed by atoms with E-state index in [1.807, 2.05) is 12.1 Å². The normalized spacial score (nSPS) is 25.6. The number of nitrogens with zero attached hydrogens (tertiary/aromatic N) is 1. The molecule has 0 unspecified atom stereocenters. The minimum absolute atomic E-state index is 0.214. The van der Waals surface area contributed by atoms with Crippen LogP contribution in [0.3, 0.4) is 0 Å². The zero-order chi connectivity index (χ0) is 21.8. The van der Waals surface area contributed by atoms with Gasteiger partial charge in [0.15, 0.2) is 0 Å². The minimum atomic E-state index is -0.830. The smallest absolute Gasteiger partial charge is 0.319 e. The number of methoxy groups -OCH3 is 1. The predicted molar refractivity (Wildman–Crippen MR) is 116 cm³/mol. The number of amides is 2. The van der Waals surface area contributed by atoms with Crippen molar-refractivity contribution in [2.45, 2.75) is 37.3 Å². The van der Waals surface area contributed by atoms with E-state index in [1.165, 1.54) is 11.1 Å². The first-order valence-corrected chi connectivity index (χ1v) is 10.5. The molecule has 8 nitrogen and oxygen atoms in total. The van der Waals surface area contributed by atoms with Gasteiger partial charge in [0.1, 0.15) is 18.0 Å². The molecular weight excluding hydrogens is 398 g/mol. The van der Waals surface area contributed by atoms with E-state index < -0.39 is 18.3 Å². The van der Waals surface area contributed by atoms with Crippen molar-refractivity contribution in [2.75, 3.05) is 32.1 Å². The minimum Gasteiger partial charge on any atom is -0.497 e. The summed E-state index contributed by atoms with van der Waals surface area (Å²) in [6.45, 7) is 1.43. The predicted octanol–water partition coefficient (Wildman–Crippen LogP) is 1.36. The van der Waals surface area contributed by atoms with E-state index in [1.54, 1.807) is 31.4 Å². The number of carbonyl (C=O) groups is 1. The number of aliphatic hydroxyl groups excluding tert-OH is 2. The number of benzene rings is 2. The lowest BCUT2D eigenvalue weighted by Gasteiger charge is -2.37. The molecule has 1 fully saturated rings. The van der Waals surface area contributed by atoms with Crippen LogP contribution in [0.15, 0.2) is 48.5 Å². The molecule has 4 atom stereocenters. The molecule has 2 aromatic carbocycles. The third-order valence-electron chi connectivity index (χ3n) is 6.01. The summed E-state index contributed by atoms with van der Waals surface area (Å²) in [5.41, 5.74) is 3.16. The Morgan fingerprint density at radius 3 is 2.77 bits per heavy atom. The van der Waals surface area contributed by atoms with Gasteiger partial charge in [-0.3, -0.25) is 4.90 Å². The number of hydrogen-bond acceptors (Lipinski definition) is 6. The van der Waals surface area contributed by atoms with Gasteiger partial charge in [0.05, 0.1) is 25.9 Å². The highest BCUT2D eigenvalue weighted by Gasteiger charge is 2.46. The Hall–Kier alpha value is -2.65. The lowest BCUT2D eigenvalue weighted by molar-refractivity contribution is -0.0205. The maximum absolute atomic E-state index is 12.4.